The van der Waals surface area contributed by atoms with Gasteiger partial charge in [0.05, 0.1) is 0 Å². The first-order valence-electron chi connectivity index (χ1n) is 5.74. The summed E-state index contributed by atoms with van der Waals surface area (Å²) in [6.07, 6.45) is 5.99. The summed E-state index contributed by atoms with van der Waals surface area (Å²) in [5.41, 5.74) is 4.76. The van der Waals surface area contributed by atoms with Crippen molar-refractivity contribution in [3.05, 3.63) is 0 Å². The SMILES string of the molecule is CCC1CCCC2(CC1)OC(N)=NC2=O. The van der Waals surface area contributed by atoms with E-state index >= 15 is 0 Å². The third kappa shape index (κ3) is 1.85. The molecule has 0 aromatic heterocycles. The highest BCUT2D eigenvalue weighted by atomic mass is 16.5. The Morgan fingerprint density at radius 3 is 2.93 bits per heavy atom. The van der Waals surface area contributed by atoms with Crippen molar-refractivity contribution < 1.29 is 9.53 Å². The van der Waals surface area contributed by atoms with Crippen LogP contribution in [0.4, 0.5) is 0 Å². The molecular formula is C11H18N2O2. The normalized spacial score (nSPS) is 36.2. The highest BCUT2D eigenvalue weighted by molar-refractivity contribution is 6.00. The Bertz CT molecular complexity index is 301. The van der Waals surface area contributed by atoms with E-state index in [0.29, 0.717) is 0 Å². The lowest BCUT2D eigenvalue weighted by atomic mass is 9.92. The number of aliphatic imine (C=N–C) groups is 1. The summed E-state index contributed by atoms with van der Waals surface area (Å²) in [5, 5.41) is 0. The van der Waals surface area contributed by atoms with Crippen LogP contribution in [0.15, 0.2) is 4.99 Å². The lowest BCUT2D eigenvalue weighted by molar-refractivity contribution is -0.131. The monoisotopic (exact) mass is 210 g/mol. The molecule has 2 N–H and O–H groups in total. The quantitative estimate of drug-likeness (QED) is 0.714. The van der Waals surface area contributed by atoms with Gasteiger partial charge in [0.15, 0.2) is 5.60 Å². The standard InChI is InChI=1S/C11H18N2O2/c1-2-8-4-3-6-11(7-5-8)9(14)13-10(12)15-11/h8H,2-7H2,1H3,(H2,12,13,14). The van der Waals surface area contributed by atoms with Crippen molar-refractivity contribution in [3.63, 3.8) is 0 Å². The Morgan fingerprint density at radius 2 is 2.33 bits per heavy atom. The maximum Gasteiger partial charge on any atom is 0.294 e. The number of amides is 1. The summed E-state index contributed by atoms with van der Waals surface area (Å²) in [6.45, 7) is 2.20. The predicted octanol–water partition coefficient (Wildman–Crippen LogP) is 1.59. The molecule has 0 radical (unpaired) electrons. The van der Waals surface area contributed by atoms with E-state index < -0.39 is 5.60 Å². The van der Waals surface area contributed by atoms with Gasteiger partial charge >= 0.3 is 0 Å². The second-order valence-corrected chi connectivity index (χ2v) is 4.56. The first-order valence-corrected chi connectivity index (χ1v) is 5.74. The van der Waals surface area contributed by atoms with E-state index in [1.54, 1.807) is 0 Å². The third-order valence-electron chi connectivity index (χ3n) is 3.63. The molecule has 15 heavy (non-hydrogen) atoms. The number of carbonyl (C=O) groups excluding carboxylic acids is 1. The van der Waals surface area contributed by atoms with Gasteiger partial charge in [0.2, 0.25) is 0 Å². The van der Waals surface area contributed by atoms with Crippen molar-refractivity contribution in [1.82, 2.24) is 0 Å². The van der Waals surface area contributed by atoms with Gasteiger partial charge in [0.1, 0.15) is 0 Å². The zero-order valence-electron chi connectivity index (χ0n) is 9.16. The van der Waals surface area contributed by atoms with Crippen LogP contribution in [-0.4, -0.2) is 17.5 Å². The minimum atomic E-state index is -0.700. The summed E-state index contributed by atoms with van der Waals surface area (Å²) in [5.74, 6) is 0.555. The fourth-order valence-electron chi connectivity index (χ4n) is 2.58. The molecule has 0 aromatic rings. The minimum Gasteiger partial charge on any atom is -0.448 e. The number of rotatable bonds is 1. The predicted molar refractivity (Wildman–Crippen MR) is 57.3 cm³/mol. The number of amidine groups is 1. The topological polar surface area (TPSA) is 64.7 Å². The Hall–Kier alpha value is -1.06. The maximum absolute atomic E-state index is 11.7. The summed E-state index contributed by atoms with van der Waals surface area (Å²) in [4.78, 5) is 15.4. The second kappa shape index (κ2) is 3.83. The van der Waals surface area contributed by atoms with Crippen LogP contribution >= 0.6 is 0 Å². The number of carbonyl (C=O) groups is 1. The molecule has 1 heterocycles. The minimum absolute atomic E-state index is 0.0509. The lowest BCUT2D eigenvalue weighted by Crippen LogP contribution is -2.37. The number of nitrogens with two attached hydrogens (primary N) is 1. The van der Waals surface area contributed by atoms with Crippen molar-refractivity contribution in [2.24, 2.45) is 16.6 Å². The van der Waals surface area contributed by atoms with Crippen molar-refractivity contribution in [3.8, 4) is 0 Å². The number of hydrogen-bond acceptors (Lipinski definition) is 3. The Kier molecular flexibility index (Phi) is 2.67. The molecular weight excluding hydrogens is 192 g/mol. The number of hydrogen-bond donors (Lipinski definition) is 1. The van der Waals surface area contributed by atoms with Crippen molar-refractivity contribution in [2.45, 2.75) is 51.0 Å². The molecule has 84 valence electrons. The molecule has 1 saturated carbocycles. The van der Waals surface area contributed by atoms with E-state index in [4.69, 9.17) is 10.5 Å². The Labute approximate surface area is 89.9 Å². The van der Waals surface area contributed by atoms with Crippen LogP contribution in [0, 0.1) is 5.92 Å². The van der Waals surface area contributed by atoms with Crippen LogP contribution in [-0.2, 0) is 9.53 Å². The molecule has 2 unspecified atom stereocenters. The first-order chi connectivity index (χ1) is 7.16. The second-order valence-electron chi connectivity index (χ2n) is 4.56. The van der Waals surface area contributed by atoms with E-state index in [0.717, 1.165) is 31.6 Å². The van der Waals surface area contributed by atoms with Gasteiger partial charge in [-0.25, -0.2) is 0 Å². The van der Waals surface area contributed by atoms with Crippen molar-refractivity contribution in [1.29, 1.82) is 0 Å². The van der Waals surface area contributed by atoms with Gasteiger partial charge in [-0.15, -0.1) is 0 Å². The fourth-order valence-corrected chi connectivity index (χ4v) is 2.58. The van der Waals surface area contributed by atoms with Crippen LogP contribution in [0.25, 0.3) is 0 Å². The van der Waals surface area contributed by atoms with Gasteiger partial charge in [-0.2, -0.15) is 4.99 Å². The van der Waals surface area contributed by atoms with Gasteiger partial charge in [0.25, 0.3) is 11.9 Å². The molecule has 4 nitrogen and oxygen atoms in total. The van der Waals surface area contributed by atoms with Gasteiger partial charge in [0, 0.05) is 0 Å². The van der Waals surface area contributed by atoms with Crippen molar-refractivity contribution in [2.75, 3.05) is 0 Å². The molecule has 1 fully saturated rings. The lowest BCUT2D eigenvalue weighted by Gasteiger charge is -2.23. The highest BCUT2D eigenvalue weighted by Gasteiger charge is 2.46. The smallest absolute Gasteiger partial charge is 0.294 e. The van der Waals surface area contributed by atoms with Gasteiger partial charge in [-0.3, -0.25) is 4.79 Å². The average molecular weight is 210 g/mol. The number of nitrogens with zero attached hydrogens (tertiary/aromatic N) is 1. The molecule has 1 aliphatic carbocycles. The molecule has 1 amide bonds. The van der Waals surface area contributed by atoms with Crippen LogP contribution in [0.3, 0.4) is 0 Å². The van der Waals surface area contributed by atoms with Crippen LogP contribution in [0.5, 0.6) is 0 Å². The summed E-state index contributed by atoms with van der Waals surface area (Å²) in [6, 6.07) is 0.0509. The zero-order chi connectivity index (χ0) is 10.9. The summed E-state index contributed by atoms with van der Waals surface area (Å²) < 4.78 is 5.45. The average Bonchev–Trinajstić information content (AvgIpc) is 2.39. The Morgan fingerprint density at radius 1 is 1.53 bits per heavy atom. The number of ether oxygens (including phenoxy) is 1. The molecule has 4 heteroatoms. The maximum atomic E-state index is 11.7. The van der Waals surface area contributed by atoms with Gasteiger partial charge < -0.3 is 10.5 Å². The largest absolute Gasteiger partial charge is 0.448 e. The van der Waals surface area contributed by atoms with Gasteiger partial charge in [-0.1, -0.05) is 19.8 Å². The van der Waals surface area contributed by atoms with Gasteiger partial charge in [-0.05, 0) is 31.6 Å². The summed E-state index contributed by atoms with van der Waals surface area (Å²) >= 11 is 0. The summed E-state index contributed by atoms with van der Waals surface area (Å²) in [7, 11) is 0. The molecule has 2 rings (SSSR count). The molecule has 2 atom stereocenters. The molecule has 0 saturated heterocycles. The van der Waals surface area contributed by atoms with Crippen molar-refractivity contribution >= 4 is 11.9 Å². The molecule has 1 spiro atoms. The van der Waals surface area contributed by atoms with E-state index in [1.165, 1.54) is 12.8 Å². The zero-order valence-corrected chi connectivity index (χ0v) is 9.16. The van der Waals surface area contributed by atoms with E-state index in [9.17, 15) is 4.79 Å². The molecule has 0 bridgehead atoms. The molecule has 1 aliphatic heterocycles. The third-order valence-corrected chi connectivity index (χ3v) is 3.63. The highest BCUT2D eigenvalue weighted by Crippen LogP contribution is 2.37. The van der Waals surface area contributed by atoms with Crippen LogP contribution in [0.2, 0.25) is 0 Å². The van der Waals surface area contributed by atoms with E-state index in [1.807, 2.05) is 0 Å². The van der Waals surface area contributed by atoms with Crippen LogP contribution in [0.1, 0.15) is 45.4 Å². The molecule has 0 aromatic carbocycles. The molecule has 2 aliphatic rings. The van der Waals surface area contributed by atoms with Crippen LogP contribution < -0.4 is 5.73 Å². The van der Waals surface area contributed by atoms with E-state index in [2.05, 4.69) is 11.9 Å². The van der Waals surface area contributed by atoms with E-state index in [-0.39, 0.29) is 11.9 Å². The Balaban J connectivity index is 2.08. The first kappa shape index (κ1) is 10.5. The fraction of sp³-hybridized carbons (Fsp3) is 0.818.